The standard InChI is InChI=1S/C22H19N3O6S/c26-21(18-9-5-15-30-18)24-10-12-25(13-11-24)22-20(23-19(31-22)17-8-4-14-29-17)32(27,28)16-6-2-1-3-7-16/h1-9,14-15H,10-13H2. The van der Waals surface area contributed by atoms with E-state index in [1.54, 1.807) is 52.3 Å². The second-order valence-electron chi connectivity index (χ2n) is 7.18. The molecule has 0 N–H and O–H groups in total. The SMILES string of the molecule is O=C(c1ccco1)N1CCN(c2oc(-c3ccco3)nc2S(=O)(=O)c2ccccc2)CC1. The first kappa shape index (κ1) is 20.1. The number of rotatable bonds is 5. The molecule has 0 unspecified atom stereocenters. The molecule has 10 heteroatoms. The van der Waals surface area contributed by atoms with E-state index in [4.69, 9.17) is 13.3 Å². The highest BCUT2D eigenvalue weighted by Crippen LogP contribution is 2.35. The first-order valence-electron chi connectivity index (χ1n) is 9.96. The fourth-order valence-corrected chi connectivity index (χ4v) is 4.90. The maximum Gasteiger partial charge on any atom is 0.289 e. The molecule has 5 rings (SSSR count). The van der Waals surface area contributed by atoms with E-state index < -0.39 is 9.84 Å². The summed E-state index contributed by atoms with van der Waals surface area (Å²) in [4.78, 5) is 20.4. The number of carbonyl (C=O) groups excluding carboxylic acids is 1. The van der Waals surface area contributed by atoms with E-state index in [-0.39, 0.29) is 33.4 Å². The highest BCUT2D eigenvalue weighted by molar-refractivity contribution is 7.91. The summed E-state index contributed by atoms with van der Waals surface area (Å²) in [7, 11) is -3.94. The number of aromatic nitrogens is 1. The van der Waals surface area contributed by atoms with E-state index >= 15 is 0 Å². The van der Waals surface area contributed by atoms with Crippen molar-refractivity contribution in [1.82, 2.24) is 9.88 Å². The fourth-order valence-electron chi connectivity index (χ4n) is 3.56. The first-order valence-corrected chi connectivity index (χ1v) is 11.4. The summed E-state index contributed by atoms with van der Waals surface area (Å²) in [5, 5.41) is -0.180. The number of furan rings is 2. The molecule has 32 heavy (non-hydrogen) atoms. The third-order valence-electron chi connectivity index (χ3n) is 5.21. The van der Waals surface area contributed by atoms with Crippen molar-refractivity contribution >= 4 is 21.6 Å². The lowest BCUT2D eigenvalue weighted by atomic mass is 10.3. The van der Waals surface area contributed by atoms with Gasteiger partial charge in [-0.25, -0.2) is 8.42 Å². The predicted octanol–water partition coefficient (Wildman–Crippen LogP) is 3.32. The van der Waals surface area contributed by atoms with Gasteiger partial charge in [0, 0.05) is 26.2 Å². The van der Waals surface area contributed by atoms with E-state index in [1.807, 2.05) is 0 Å². The van der Waals surface area contributed by atoms with Crippen LogP contribution in [-0.4, -0.2) is 50.4 Å². The van der Waals surface area contributed by atoms with Crippen LogP contribution in [0.1, 0.15) is 10.6 Å². The number of anilines is 1. The number of amides is 1. The Morgan fingerprint density at radius 1 is 0.875 bits per heavy atom. The number of carbonyl (C=O) groups is 1. The van der Waals surface area contributed by atoms with Crippen LogP contribution in [-0.2, 0) is 9.84 Å². The van der Waals surface area contributed by atoms with Crippen LogP contribution < -0.4 is 4.90 Å². The molecule has 9 nitrogen and oxygen atoms in total. The molecule has 0 aliphatic carbocycles. The Morgan fingerprint density at radius 2 is 1.59 bits per heavy atom. The predicted molar refractivity (Wildman–Crippen MR) is 113 cm³/mol. The molecule has 1 aliphatic heterocycles. The minimum Gasteiger partial charge on any atom is -0.459 e. The van der Waals surface area contributed by atoms with Crippen LogP contribution in [0.3, 0.4) is 0 Å². The van der Waals surface area contributed by atoms with Crippen molar-refractivity contribution in [2.24, 2.45) is 0 Å². The zero-order chi connectivity index (χ0) is 22.1. The van der Waals surface area contributed by atoms with Crippen LogP contribution in [0.5, 0.6) is 0 Å². The van der Waals surface area contributed by atoms with Gasteiger partial charge in [0.25, 0.3) is 11.8 Å². The van der Waals surface area contributed by atoms with E-state index in [0.29, 0.717) is 31.9 Å². The normalized spacial score (nSPS) is 14.6. The molecule has 1 saturated heterocycles. The van der Waals surface area contributed by atoms with Crippen LogP contribution in [0.2, 0.25) is 0 Å². The van der Waals surface area contributed by atoms with Gasteiger partial charge < -0.3 is 23.1 Å². The third-order valence-corrected chi connectivity index (χ3v) is 6.87. The Kier molecular flexibility index (Phi) is 5.06. The number of hydrogen-bond acceptors (Lipinski definition) is 8. The number of hydrogen-bond donors (Lipinski definition) is 0. The number of piperazine rings is 1. The van der Waals surface area contributed by atoms with Crippen LogP contribution in [0.15, 0.2) is 90.3 Å². The van der Waals surface area contributed by atoms with Gasteiger partial charge in [-0.05, 0) is 36.4 Å². The third kappa shape index (κ3) is 3.58. The van der Waals surface area contributed by atoms with E-state index in [0.717, 1.165) is 0 Å². The molecule has 1 aromatic carbocycles. The molecule has 0 saturated carbocycles. The van der Waals surface area contributed by atoms with Gasteiger partial charge in [-0.1, -0.05) is 18.2 Å². The Hall–Kier alpha value is -3.79. The molecular formula is C22H19N3O6S. The highest BCUT2D eigenvalue weighted by atomic mass is 32.2. The summed E-state index contributed by atoms with van der Waals surface area (Å²) in [6.45, 7) is 1.50. The van der Waals surface area contributed by atoms with Gasteiger partial charge in [-0.2, -0.15) is 4.98 Å². The van der Waals surface area contributed by atoms with Crippen molar-refractivity contribution in [1.29, 1.82) is 0 Å². The monoisotopic (exact) mass is 453 g/mol. The van der Waals surface area contributed by atoms with Gasteiger partial charge in [0.05, 0.1) is 17.4 Å². The van der Waals surface area contributed by atoms with Gasteiger partial charge in [0.15, 0.2) is 11.5 Å². The zero-order valence-electron chi connectivity index (χ0n) is 16.9. The largest absolute Gasteiger partial charge is 0.459 e. The summed E-state index contributed by atoms with van der Waals surface area (Å²) in [5.74, 6) is 0.595. The fraction of sp³-hybridized carbons (Fsp3) is 0.182. The molecular weight excluding hydrogens is 434 g/mol. The lowest BCUT2D eigenvalue weighted by Crippen LogP contribution is -2.49. The van der Waals surface area contributed by atoms with Crippen molar-refractivity contribution in [2.45, 2.75) is 9.92 Å². The average Bonchev–Trinajstić information content (AvgIpc) is 3.60. The molecule has 0 radical (unpaired) electrons. The maximum atomic E-state index is 13.4. The Morgan fingerprint density at radius 3 is 2.25 bits per heavy atom. The summed E-state index contributed by atoms with van der Waals surface area (Å²) in [6, 6.07) is 14.7. The van der Waals surface area contributed by atoms with Crippen LogP contribution >= 0.6 is 0 Å². The van der Waals surface area contributed by atoms with Gasteiger partial charge >= 0.3 is 0 Å². The minimum absolute atomic E-state index is 0.0774. The highest BCUT2D eigenvalue weighted by Gasteiger charge is 2.34. The molecule has 1 amide bonds. The lowest BCUT2D eigenvalue weighted by Gasteiger charge is -2.34. The molecule has 1 aliphatic rings. The molecule has 4 aromatic rings. The lowest BCUT2D eigenvalue weighted by molar-refractivity contribution is 0.0713. The second-order valence-corrected chi connectivity index (χ2v) is 9.04. The summed E-state index contributed by atoms with van der Waals surface area (Å²) < 4.78 is 43.1. The van der Waals surface area contributed by atoms with Crippen molar-refractivity contribution < 1.29 is 26.5 Å². The van der Waals surface area contributed by atoms with Gasteiger partial charge in [-0.3, -0.25) is 4.79 Å². The quantitative estimate of drug-likeness (QED) is 0.453. The van der Waals surface area contributed by atoms with Gasteiger partial charge in [-0.15, -0.1) is 0 Å². The number of nitrogens with zero attached hydrogens (tertiary/aromatic N) is 3. The molecule has 164 valence electrons. The van der Waals surface area contributed by atoms with E-state index in [1.165, 1.54) is 24.7 Å². The molecule has 3 aromatic heterocycles. The van der Waals surface area contributed by atoms with Crippen molar-refractivity contribution in [3.8, 4) is 11.7 Å². The molecule has 0 atom stereocenters. The van der Waals surface area contributed by atoms with Crippen LogP contribution in [0.25, 0.3) is 11.7 Å². The second kappa shape index (κ2) is 8.04. The summed E-state index contributed by atoms with van der Waals surface area (Å²) in [6.07, 6.45) is 2.92. The van der Waals surface area contributed by atoms with Crippen LogP contribution in [0, 0.1) is 0 Å². The molecule has 4 heterocycles. The molecule has 0 bridgehead atoms. The topological polar surface area (TPSA) is 110 Å². The van der Waals surface area contributed by atoms with E-state index in [9.17, 15) is 13.2 Å². The Bertz CT molecular complexity index is 1300. The van der Waals surface area contributed by atoms with Crippen LogP contribution in [0.4, 0.5) is 5.88 Å². The number of sulfone groups is 1. The van der Waals surface area contributed by atoms with Gasteiger partial charge in [0.2, 0.25) is 20.7 Å². The summed E-state index contributed by atoms with van der Waals surface area (Å²) in [5.41, 5.74) is 0. The minimum atomic E-state index is -3.94. The van der Waals surface area contributed by atoms with Crippen molar-refractivity contribution in [3.05, 3.63) is 72.9 Å². The average molecular weight is 453 g/mol. The number of oxazole rings is 1. The van der Waals surface area contributed by atoms with Crippen molar-refractivity contribution in [3.63, 3.8) is 0 Å². The first-order chi connectivity index (χ1) is 15.5. The maximum absolute atomic E-state index is 13.4. The molecule has 0 spiro atoms. The number of benzene rings is 1. The van der Waals surface area contributed by atoms with Crippen molar-refractivity contribution in [2.75, 3.05) is 31.1 Å². The Balaban J connectivity index is 1.47. The molecule has 1 fully saturated rings. The van der Waals surface area contributed by atoms with E-state index in [2.05, 4.69) is 4.98 Å². The van der Waals surface area contributed by atoms with Gasteiger partial charge in [0.1, 0.15) is 0 Å². The Labute approximate surface area is 183 Å². The smallest absolute Gasteiger partial charge is 0.289 e. The summed E-state index contributed by atoms with van der Waals surface area (Å²) >= 11 is 0. The zero-order valence-corrected chi connectivity index (χ0v) is 17.7.